The molecule has 0 aliphatic heterocycles. The fraction of sp³-hybridized carbons (Fsp3) is 0.0588. The maximum Gasteiger partial charge on any atom is 0.352 e. The standard InChI is InChI=1S/C17H10Cl2N2O3S/c18-11-3-1-2-9-6-12(17(22)23)21(16(9)11)8-10-7-13(24-20-10)14-4-5-15(19)25-14/h1-7H,8H2,(H,22,23). The Hall–Kier alpha value is -2.28. The molecule has 25 heavy (non-hydrogen) atoms. The fourth-order valence-electron chi connectivity index (χ4n) is 2.73. The van der Waals surface area contributed by atoms with Gasteiger partial charge in [-0.05, 0) is 24.3 Å². The molecule has 1 N–H and O–H groups in total. The van der Waals surface area contributed by atoms with Gasteiger partial charge < -0.3 is 14.2 Å². The molecule has 3 heterocycles. The molecule has 0 bridgehead atoms. The van der Waals surface area contributed by atoms with Crippen molar-refractivity contribution in [2.75, 3.05) is 0 Å². The van der Waals surface area contributed by atoms with Crippen molar-refractivity contribution in [1.82, 2.24) is 9.72 Å². The Bertz CT molecular complexity index is 1100. The smallest absolute Gasteiger partial charge is 0.352 e. The van der Waals surface area contributed by atoms with Crippen molar-refractivity contribution < 1.29 is 14.4 Å². The third-order valence-electron chi connectivity index (χ3n) is 3.79. The van der Waals surface area contributed by atoms with Crippen LogP contribution in [0.2, 0.25) is 9.36 Å². The minimum absolute atomic E-state index is 0.145. The molecule has 5 nitrogen and oxygen atoms in total. The highest BCUT2D eigenvalue weighted by Gasteiger charge is 2.18. The lowest BCUT2D eigenvalue weighted by atomic mass is 10.2. The average molecular weight is 393 g/mol. The maximum absolute atomic E-state index is 11.6. The van der Waals surface area contributed by atoms with Crippen LogP contribution in [0, 0.1) is 0 Å². The molecule has 126 valence electrons. The van der Waals surface area contributed by atoms with Crippen LogP contribution in [0.5, 0.6) is 0 Å². The lowest BCUT2D eigenvalue weighted by Gasteiger charge is -2.07. The molecule has 0 atom stereocenters. The van der Waals surface area contributed by atoms with E-state index >= 15 is 0 Å². The highest BCUT2D eigenvalue weighted by atomic mass is 35.5. The Balaban J connectivity index is 1.77. The van der Waals surface area contributed by atoms with Crippen LogP contribution in [0.15, 0.2) is 47.0 Å². The highest BCUT2D eigenvalue weighted by molar-refractivity contribution is 7.19. The van der Waals surface area contributed by atoms with Gasteiger partial charge in [-0.3, -0.25) is 0 Å². The third kappa shape index (κ3) is 2.93. The molecule has 0 radical (unpaired) electrons. The van der Waals surface area contributed by atoms with Crippen molar-refractivity contribution >= 4 is 51.4 Å². The first kappa shape index (κ1) is 16.2. The molecule has 0 unspecified atom stereocenters. The van der Waals surface area contributed by atoms with Gasteiger partial charge in [0.2, 0.25) is 0 Å². The first-order chi connectivity index (χ1) is 12.0. The second kappa shape index (κ2) is 6.22. The van der Waals surface area contributed by atoms with Crippen molar-refractivity contribution in [3.8, 4) is 10.6 Å². The Morgan fingerprint density at radius 3 is 2.80 bits per heavy atom. The van der Waals surface area contributed by atoms with Gasteiger partial charge in [-0.25, -0.2) is 4.79 Å². The van der Waals surface area contributed by atoms with E-state index in [9.17, 15) is 9.90 Å². The van der Waals surface area contributed by atoms with Gasteiger partial charge in [0.05, 0.1) is 26.3 Å². The summed E-state index contributed by atoms with van der Waals surface area (Å²) in [5.41, 5.74) is 1.40. The predicted molar refractivity (Wildman–Crippen MR) is 97.8 cm³/mol. The predicted octanol–water partition coefficient (Wildman–Crippen LogP) is 5.41. The van der Waals surface area contributed by atoms with E-state index < -0.39 is 5.97 Å². The van der Waals surface area contributed by atoms with E-state index in [0.717, 1.165) is 10.3 Å². The van der Waals surface area contributed by atoms with Crippen LogP contribution in [-0.2, 0) is 6.54 Å². The number of fused-ring (bicyclic) bond motifs is 1. The van der Waals surface area contributed by atoms with Crippen molar-refractivity contribution in [1.29, 1.82) is 0 Å². The zero-order chi connectivity index (χ0) is 17.6. The number of thiophene rings is 1. The highest BCUT2D eigenvalue weighted by Crippen LogP contribution is 2.32. The summed E-state index contributed by atoms with van der Waals surface area (Å²) in [5, 5.41) is 14.8. The van der Waals surface area contributed by atoms with E-state index in [4.69, 9.17) is 27.7 Å². The Morgan fingerprint density at radius 1 is 1.24 bits per heavy atom. The molecule has 0 spiro atoms. The quantitative estimate of drug-likeness (QED) is 0.503. The minimum Gasteiger partial charge on any atom is -0.477 e. The molecule has 4 rings (SSSR count). The number of carboxylic acid groups (broad SMARTS) is 1. The van der Waals surface area contributed by atoms with E-state index in [0.29, 0.717) is 26.3 Å². The Labute approximate surface area is 156 Å². The largest absolute Gasteiger partial charge is 0.477 e. The van der Waals surface area contributed by atoms with Gasteiger partial charge in [-0.2, -0.15) is 0 Å². The van der Waals surface area contributed by atoms with Crippen LogP contribution >= 0.6 is 34.5 Å². The zero-order valence-electron chi connectivity index (χ0n) is 12.6. The molecular formula is C17H10Cl2N2O3S. The van der Waals surface area contributed by atoms with Crippen LogP contribution in [0.3, 0.4) is 0 Å². The first-order valence-corrected chi connectivity index (χ1v) is 8.82. The normalized spacial score (nSPS) is 11.3. The van der Waals surface area contributed by atoms with Gasteiger partial charge in [-0.1, -0.05) is 40.5 Å². The van der Waals surface area contributed by atoms with Crippen molar-refractivity contribution in [2.45, 2.75) is 6.54 Å². The molecule has 0 amide bonds. The summed E-state index contributed by atoms with van der Waals surface area (Å²) >= 11 is 13.6. The second-order valence-corrected chi connectivity index (χ2v) is 7.51. The van der Waals surface area contributed by atoms with Gasteiger partial charge in [0.15, 0.2) is 5.76 Å². The lowest BCUT2D eigenvalue weighted by molar-refractivity contribution is 0.0686. The summed E-state index contributed by atoms with van der Waals surface area (Å²) < 4.78 is 7.65. The number of benzene rings is 1. The van der Waals surface area contributed by atoms with Crippen LogP contribution in [0.1, 0.15) is 16.2 Å². The molecular weight excluding hydrogens is 383 g/mol. The fourth-order valence-corrected chi connectivity index (χ4v) is 4.01. The number of hydrogen-bond donors (Lipinski definition) is 1. The van der Waals surface area contributed by atoms with Crippen LogP contribution in [0.4, 0.5) is 0 Å². The van der Waals surface area contributed by atoms with Gasteiger partial charge in [0.25, 0.3) is 0 Å². The first-order valence-electron chi connectivity index (χ1n) is 7.25. The van der Waals surface area contributed by atoms with E-state index in [1.54, 1.807) is 34.9 Å². The number of hydrogen-bond acceptors (Lipinski definition) is 4. The van der Waals surface area contributed by atoms with E-state index in [2.05, 4.69) is 5.16 Å². The van der Waals surface area contributed by atoms with Gasteiger partial charge >= 0.3 is 5.97 Å². The van der Waals surface area contributed by atoms with Crippen molar-refractivity contribution in [3.05, 3.63) is 63.2 Å². The molecule has 0 aliphatic carbocycles. The summed E-state index contributed by atoms with van der Waals surface area (Å²) in [4.78, 5) is 12.5. The molecule has 0 saturated carbocycles. The monoisotopic (exact) mass is 392 g/mol. The van der Waals surface area contributed by atoms with E-state index in [1.165, 1.54) is 11.3 Å². The molecule has 3 aromatic heterocycles. The topological polar surface area (TPSA) is 68.3 Å². The SMILES string of the molecule is O=C(O)c1cc2cccc(Cl)c2n1Cc1cc(-c2ccc(Cl)s2)on1. The number of aromatic nitrogens is 2. The molecule has 1 aromatic carbocycles. The third-order valence-corrected chi connectivity index (χ3v) is 5.34. The number of para-hydroxylation sites is 1. The summed E-state index contributed by atoms with van der Waals surface area (Å²) in [5.74, 6) is -0.438. The summed E-state index contributed by atoms with van der Waals surface area (Å²) in [7, 11) is 0. The van der Waals surface area contributed by atoms with Gasteiger partial charge in [0, 0.05) is 11.5 Å². The summed E-state index contributed by atoms with van der Waals surface area (Å²) in [6.07, 6.45) is 0. The molecule has 0 saturated heterocycles. The number of halogens is 2. The summed E-state index contributed by atoms with van der Waals surface area (Å²) in [6.45, 7) is 0.234. The Morgan fingerprint density at radius 2 is 2.08 bits per heavy atom. The summed E-state index contributed by atoms with van der Waals surface area (Å²) in [6, 6.07) is 12.3. The molecule has 0 fully saturated rings. The average Bonchev–Trinajstić information content (AvgIpc) is 3.27. The van der Waals surface area contributed by atoms with Crippen molar-refractivity contribution in [3.63, 3.8) is 0 Å². The second-order valence-electron chi connectivity index (χ2n) is 5.38. The van der Waals surface area contributed by atoms with Gasteiger partial charge in [-0.15, -0.1) is 11.3 Å². The van der Waals surface area contributed by atoms with Crippen molar-refractivity contribution in [2.24, 2.45) is 0 Å². The minimum atomic E-state index is -1.03. The Kier molecular flexibility index (Phi) is 4.03. The number of carbonyl (C=O) groups is 1. The number of rotatable bonds is 4. The van der Waals surface area contributed by atoms with E-state index in [1.807, 2.05) is 12.1 Å². The number of aromatic carboxylic acids is 1. The van der Waals surface area contributed by atoms with Gasteiger partial charge in [0.1, 0.15) is 11.4 Å². The van der Waals surface area contributed by atoms with Crippen LogP contribution in [-0.4, -0.2) is 20.8 Å². The zero-order valence-corrected chi connectivity index (χ0v) is 14.9. The molecule has 8 heteroatoms. The number of carboxylic acids is 1. The van der Waals surface area contributed by atoms with Crippen LogP contribution in [0.25, 0.3) is 21.5 Å². The van der Waals surface area contributed by atoms with E-state index in [-0.39, 0.29) is 12.2 Å². The lowest BCUT2D eigenvalue weighted by Crippen LogP contribution is -2.09. The molecule has 0 aliphatic rings. The number of nitrogens with zero attached hydrogens (tertiary/aromatic N) is 2. The van der Waals surface area contributed by atoms with Crippen LogP contribution < -0.4 is 0 Å². The molecule has 4 aromatic rings. The maximum atomic E-state index is 11.6.